The molecule has 0 saturated carbocycles. The van der Waals surface area contributed by atoms with Gasteiger partial charge < -0.3 is 15.2 Å². The third kappa shape index (κ3) is 4.25. The molecule has 6 nitrogen and oxygen atoms in total. The highest BCUT2D eigenvalue weighted by atomic mass is 16.5. The molecule has 1 aromatic carbocycles. The van der Waals surface area contributed by atoms with Gasteiger partial charge in [-0.25, -0.2) is 9.97 Å². The lowest BCUT2D eigenvalue weighted by Crippen LogP contribution is -2.19. The Morgan fingerprint density at radius 2 is 2.10 bits per heavy atom. The molecule has 0 radical (unpaired) electrons. The maximum atomic E-state index is 11.7. The lowest BCUT2D eigenvalue weighted by atomic mass is 10.2. The Labute approximate surface area is 122 Å². The van der Waals surface area contributed by atoms with Crippen LogP contribution in [0.2, 0.25) is 0 Å². The summed E-state index contributed by atoms with van der Waals surface area (Å²) < 4.78 is 5.03. The first kappa shape index (κ1) is 14.9. The van der Waals surface area contributed by atoms with Crippen LogP contribution in [0.5, 0.6) is 5.75 Å². The van der Waals surface area contributed by atoms with Gasteiger partial charge in [0.2, 0.25) is 5.91 Å². The summed E-state index contributed by atoms with van der Waals surface area (Å²) in [5.74, 6) is 0.481. The molecule has 2 aromatic rings. The molecule has 2 N–H and O–H groups in total. The van der Waals surface area contributed by atoms with Gasteiger partial charge in [-0.05, 0) is 19.1 Å². The molecule has 0 aliphatic rings. The summed E-state index contributed by atoms with van der Waals surface area (Å²) in [6.45, 7) is 1.82. The zero-order chi connectivity index (χ0) is 15.2. The molecule has 1 unspecified atom stereocenters. The van der Waals surface area contributed by atoms with E-state index in [1.807, 2.05) is 6.92 Å². The van der Waals surface area contributed by atoms with Crippen molar-refractivity contribution in [1.82, 2.24) is 9.97 Å². The topological polar surface area (TPSA) is 84.3 Å². The van der Waals surface area contributed by atoms with Gasteiger partial charge in [0.15, 0.2) is 5.82 Å². The predicted molar refractivity (Wildman–Crippen MR) is 78.9 cm³/mol. The van der Waals surface area contributed by atoms with Crippen LogP contribution < -0.4 is 5.32 Å². The molecule has 0 aliphatic carbocycles. The number of phenolic OH excluding ortho intramolecular Hbond substituents is 1. The maximum Gasteiger partial charge on any atom is 0.227 e. The normalized spacial score (nSPS) is 11.9. The Kier molecular flexibility index (Phi) is 4.84. The average molecular weight is 287 g/mol. The van der Waals surface area contributed by atoms with Crippen LogP contribution in [0.25, 0.3) is 11.4 Å². The number of hydrogen-bond acceptors (Lipinski definition) is 5. The number of nitrogens with one attached hydrogen (secondary N) is 1. The van der Waals surface area contributed by atoms with Crippen molar-refractivity contribution >= 4 is 11.6 Å². The Morgan fingerprint density at radius 1 is 1.38 bits per heavy atom. The van der Waals surface area contributed by atoms with Crippen LogP contribution in [0.4, 0.5) is 5.69 Å². The lowest BCUT2D eigenvalue weighted by Gasteiger charge is -2.09. The molecule has 0 aliphatic heterocycles. The van der Waals surface area contributed by atoms with E-state index >= 15 is 0 Å². The zero-order valence-corrected chi connectivity index (χ0v) is 11.9. The third-order valence-electron chi connectivity index (χ3n) is 2.92. The molecule has 110 valence electrons. The fraction of sp³-hybridized carbons (Fsp3) is 0.267. The van der Waals surface area contributed by atoms with Crippen LogP contribution in [0, 0.1) is 0 Å². The summed E-state index contributed by atoms with van der Waals surface area (Å²) in [4.78, 5) is 20.1. The van der Waals surface area contributed by atoms with E-state index in [-0.39, 0.29) is 24.2 Å². The van der Waals surface area contributed by atoms with Crippen molar-refractivity contribution < 1.29 is 14.6 Å². The van der Waals surface area contributed by atoms with Crippen molar-refractivity contribution in [3.8, 4) is 17.1 Å². The summed E-state index contributed by atoms with van der Waals surface area (Å²) in [6.07, 6.45) is 3.19. The standard InChI is InChI=1S/C15H17N3O3/c1-10(21-2)6-14(20)18-12-8-16-15(17-9-12)11-4-3-5-13(19)7-11/h3-5,7-10,19H,6H2,1-2H3,(H,18,20). The molecule has 0 fully saturated rings. The van der Waals surface area contributed by atoms with E-state index in [1.54, 1.807) is 31.4 Å². The van der Waals surface area contributed by atoms with E-state index in [4.69, 9.17) is 4.74 Å². The summed E-state index contributed by atoms with van der Waals surface area (Å²) >= 11 is 0. The fourth-order valence-electron chi connectivity index (χ4n) is 1.74. The minimum Gasteiger partial charge on any atom is -0.508 e. The minimum absolute atomic E-state index is 0.141. The molecule has 0 spiro atoms. The Hall–Kier alpha value is -2.47. The number of carbonyl (C=O) groups excluding carboxylic acids is 1. The van der Waals surface area contributed by atoms with E-state index in [2.05, 4.69) is 15.3 Å². The molecule has 1 amide bonds. The maximum absolute atomic E-state index is 11.7. The Morgan fingerprint density at radius 3 is 2.71 bits per heavy atom. The highest BCUT2D eigenvalue weighted by molar-refractivity contribution is 5.90. The number of aromatic hydroxyl groups is 1. The number of anilines is 1. The van der Waals surface area contributed by atoms with Gasteiger partial charge in [-0.2, -0.15) is 0 Å². The number of phenols is 1. The number of nitrogens with zero attached hydrogens (tertiary/aromatic N) is 2. The van der Waals surface area contributed by atoms with Gasteiger partial charge in [-0.15, -0.1) is 0 Å². The van der Waals surface area contributed by atoms with E-state index in [0.717, 1.165) is 0 Å². The number of ether oxygens (including phenoxy) is 1. The third-order valence-corrected chi connectivity index (χ3v) is 2.92. The van der Waals surface area contributed by atoms with E-state index in [9.17, 15) is 9.90 Å². The van der Waals surface area contributed by atoms with Crippen LogP contribution in [0.15, 0.2) is 36.7 Å². The highest BCUT2D eigenvalue weighted by Crippen LogP contribution is 2.20. The van der Waals surface area contributed by atoms with Gasteiger partial charge in [0.05, 0.1) is 30.6 Å². The zero-order valence-electron chi connectivity index (χ0n) is 11.9. The van der Waals surface area contributed by atoms with Crippen molar-refractivity contribution in [1.29, 1.82) is 0 Å². The molecular weight excluding hydrogens is 270 g/mol. The van der Waals surface area contributed by atoms with Crippen LogP contribution in [-0.4, -0.2) is 34.2 Å². The second-order valence-corrected chi connectivity index (χ2v) is 4.64. The first-order valence-electron chi connectivity index (χ1n) is 6.52. The van der Waals surface area contributed by atoms with Crippen LogP contribution in [0.3, 0.4) is 0 Å². The van der Waals surface area contributed by atoms with Gasteiger partial charge >= 0.3 is 0 Å². The van der Waals surface area contributed by atoms with Crippen molar-refractivity contribution in [3.63, 3.8) is 0 Å². The van der Waals surface area contributed by atoms with E-state index in [1.165, 1.54) is 12.4 Å². The number of rotatable bonds is 5. The quantitative estimate of drug-likeness (QED) is 0.880. The van der Waals surface area contributed by atoms with Crippen molar-refractivity contribution in [2.45, 2.75) is 19.4 Å². The number of aromatic nitrogens is 2. The van der Waals surface area contributed by atoms with Crippen LogP contribution in [-0.2, 0) is 9.53 Å². The molecule has 1 heterocycles. The first-order valence-corrected chi connectivity index (χ1v) is 6.52. The summed E-state index contributed by atoms with van der Waals surface area (Å²) in [7, 11) is 1.56. The van der Waals surface area contributed by atoms with Crippen LogP contribution >= 0.6 is 0 Å². The lowest BCUT2D eigenvalue weighted by molar-refractivity contribution is -0.118. The largest absolute Gasteiger partial charge is 0.508 e. The van der Waals surface area contributed by atoms with Gasteiger partial charge in [0.25, 0.3) is 0 Å². The van der Waals surface area contributed by atoms with Gasteiger partial charge in [0, 0.05) is 12.7 Å². The summed E-state index contributed by atoms with van der Waals surface area (Å²) in [6, 6.07) is 6.67. The van der Waals surface area contributed by atoms with E-state index in [0.29, 0.717) is 17.1 Å². The second kappa shape index (κ2) is 6.81. The average Bonchev–Trinajstić information content (AvgIpc) is 2.47. The van der Waals surface area contributed by atoms with Gasteiger partial charge in [0.1, 0.15) is 5.75 Å². The molecule has 1 atom stereocenters. The highest BCUT2D eigenvalue weighted by Gasteiger charge is 2.09. The van der Waals surface area contributed by atoms with E-state index < -0.39 is 0 Å². The molecule has 0 saturated heterocycles. The number of carbonyl (C=O) groups is 1. The van der Waals surface area contributed by atoms with Gasteiger partial charge in [-0.1, -0.05) is 12.1 Å². The Balaban J connectivity index is 2.04. The predicted octanol–water partition coefficient (Wildman–Crippen LogP) is 2.21. The summed E-state index contributed by atoms with van der Waals surface area (Å²) in [5, 5.41) is 12.1. The molecule has 2 rings (SSSR count). The van der Waals surface area contributed by atoms with Crippen LogP contribution in [0.1, 0.15) is 13.3 Å². The number of methoxy groups -OCH3 is 1. The second-order valence-electron chi connectivity index (χ2n) is 4.64. The molecule has 6 heteroatoms. The number of amides is 1. The fourth-order valence-corrected chi connectivity index (χ4v) is 1.74. The Bertz CT molecular complexity index is 614. The molecular formula is C15H17N3O3. The number of hydrogen-bond donors (Lipinski definition) is 2. The van der Waals surface area contributed by atoms with Crippen molar-refractivity contribution in [3.05, 3.63) is 36.7 Å². The number of benzene rings is 1. The van der Waals surface area contributed by atoms with Crippen molar-refractivity contribution in [2.24, 2.45) is 0 Å². The minimum atomic E-state index is -0.155. The molecule has 21 heavy (non-hydrogen) atoms. The summed E-state index contributed by atoms with van der Waals surface area (Å²) in [5.41, 5.74) is 1.23. The smallest absolute Gasteiger partial charge is 0.227 e. The molecule has 1 aromatic heterocycles. The SMILES string of the molecule is COC(C)CC(=O)Nc1cnc(-c2cccc(O)c2)nc1. The van der Waals surface area contributed by atoms with Gasteiger partial charge in [-0.3, -0.25) is 4.79 Å². The molecule has 0 bridgehead atoms. The van der Waals surface area contributed by atoms with Crippen molar-refractivity contribution in [2.75, 3.05) is 12.4 Å². The monoisotopic (exact) mass is 287 g/mol. The first-order chi connectivity index (χ1) is 10.1.